The molecule has 2 unspecified atom stereocenters. The summed E-state index contributed by atoms with van der Waals surface area (Å²) in [4.78, 5) is 26.3. The Morgan fingerprint density at radius 2 is 1.86 bits per heavy atom. The Bertz CT molecular complexity index is 549. The summed E-state index contributed by atoms with van der Waals surface area (Å²) in [5, 5.41) is 3.29. The van der Waals surface area contributed by atoms with E-state index in [4.69, 9.17) is 11.6 Å². The second kappa shape index (κ2) is 6.48. The lowest BCUT2D eigenvalue weighted by molar-refractivity contribution is -0.147. The number of carbonyl (C=O) groups excluding carboxylic acids is 2. The molecule has 114 valence electrons. The molecule has 1 aliphatic rings. The van der Waals surface area contributed by atoms with Gasteiger partial charge in [0.1, 0.15) is 0 Å². The Kier molecular flexibility index (Phi) is 4.88. The van der Waals surface area contributed by atoms with E-state index in [-0.39, 0.29) is 12.1 Å². The van der Waals surface area contributed by atoms with Gasteiger partial charge in [-0.25, -0.2) is 0 Å². The minimum absolute atomic E-state index is 0.110. The molecule has 0 saturated carbocycles. The number of carbonyl (C=O) groups is 2. The molecule has 2 rings (SSSR count). The van der Waals surface area contributed by atoms with Crippen molar-refractivity contribution in [1.82, 2.24) is 4.90 Å². The molecular formula is C16H21ClN2O2. The third-order valence-electron chi connectivity index (χ3n) is 4.06. The third kappa shape index (κ3) is 3.56. The summed E-state index contributed by atoms with van der Waals surface area (Å²) in [6.07, 6.45) is 3.00. The second-order valence-corrected chi connectivity index (χ2v) is 6.19. The molecule has 0 spiro atoms. The van der Waals surface area contributed by atoms with Gasteiger partial charge in [-0.2, -0.15) is 0 Å². The van der Waals surface area contributed by atoms with E-state index in [1.807, 2.05) is 20.8 Å². The lowest BCUT2D eigenvalue weighted by atomic mass is 9.97. The third-order valence-corrected chi connectivity index (χ3v) is 4.29. The summed E-state index contributed by atoms with van der Waals surface area (Å²) in [7, 11) is 0. The predicted molar refractivity (Wildman–Crippen MR) is 84.4 cm³/mol. The minimum Gasteiger partial charge on any atom is -0.329 e. The largest absolute Gasteiger partial charge is 0.329 e. The number of hydrogen-bond acceptors (Lipinski definition) is 2. The van der Waals surface area contributed by atoms with Crippen molar-refractivity contribution in [2.75, 3.05) is 5.32 Å². The van der Waals surface area contributed by atoms with Gasteiger partial charge in [-0.15, -0.1) is 0 Å². The van der Waals surface area contributed by atoms with Crippen LogP contribution in [-0.2, 0) is 9.59 Å². The van der Waals surface area contributed by atoms with Crippen molar-refractivity contribution in [3.8, 4) is 0 Å². The van der Waals surface area contributed by atoms with Crippen molar-refractivity contribution in [1.29, 1.82) is 0 Å². The van der Waals surface area contributed by atoms with Gasteiger partial charge < -0.3 is 10.2 Å². The highest BCUT2D eigenvalue weighted by Gasteiger charge is 2.32. The summed E-state index contributed by atoms with van der Waals surface area (Å²) in [5.41, 5.74) is 1.46. The standard InChI is InChI=1S/C16H21ClN2O2/c1-10-9-13(17)7-8-14(10)18-15(20)16(21)19-11(2)5-4-6-12(19)3/h7-9,11-12H,4-6H2,1-3H3,(H,18,20). The van der Waals surface area contributed by atoms with Crippen LogP contribution in [0.5, 0.6) is 0 Å². The van der Waals surface area contributed by atoms with Crippen LogP contribution in [0.15, 0.2) is 18.2 Å². The monoisotopic (exact) mass is 308 g/mol. The van der Waals surface area contributed by atoms with Crippen molar-refractivity contribution >= 4 is 29.1 Å². The van der Waals surface area contributed by atoms with Crippen LogP contribution < -0.4 is 5.32 Å². The molecule has 1 fully saturated rings. The molecule has 2 amide bonds. The fourth-order valence-corrected chi connectivity index (χ4v) is 3.11. The van der Waals surface area contributed by atoms with Gasteiger partial charge in [0.25, 0.3) is 0 Å². The molecule has 0 aliphatic carbocycles. The van der Waals surface area contributed by atoms with Crippen LogP contribution >= 0.6 is 11.6 Å². The van der Waals surface area contributed by atoms with Crippen LogP contribution in [0.1, 0.15) is 38.7 Å². The molecule has 4 nitrogen and oxygen atoms in total. The lowest BCUT2D eigenvalue weighted by Gasteiger charge is -2.38. The van der Waals surface area contributed by atoms with Gasteiger partial charge in [0.2, 0.25) is 0 Å². The van der Waals surface area contributed by atoms with E-state index in [0.717, 1.165) is 24.8 Å². The summed E-state index contributed by atoms with van der Waals surface area (Å²) in [6.45, 7) is 5.83. The highest BCUT2D eigenvalue weighted by molar-refractivity contribution is 6.39. The fraction of sp³-hybridized carbons (Fsp3) is 0.500. The molecule has 1 aromatic carbocycles. The topological polar surface area (TPSA) is 49.4 Å². The Hall–Kier alpha value is -1.55. The molecule has 0 radical (unpaired) electrons. The Morgan fingerprint density at radius 1 is 1.24 bits per heavy atom. The number of benzene rings is 1. The lowest BCUT2D eigenvalue weighted by Crippen LogP contribution is -2.51. The number of halogens is 1. The number of piperidine rings is 1. The summed E-state index contributed by atoms with van der Waals surface area (Å²) in [5.74, 6) is -1.04. The van der Waals surface area contributed by atoms with E-state index in [0.29, 0.717) is 10.7 Å². The normalized spacial score (nSPS) is 22.0. The van der Waals surface area contributed by atoms with Crippen LogP contribution in [0.3, 0.4) is 0 Å². The van der Waals surface area contributed by atoms with Gasteiger partial charge in [-0.05, 0) is 63.8 Å². The molecule has 0 aromatic heterocycles. The Morgan fingerprint density at radius 3 is 2.43 bits per heavy atom. The Labute approximate surface area is 130 Å². The van der Waals surface area contributed by atoms with Crippen molar-refractivity contribution in [2.24, 2.45) is 0 Å². The van der Waals surface area contributed by atoms with Gasteiger partial charge in [-0.1, -0.05) is 11.6 Å². The predicted octanol–water partition coefficient (Wildman–Crippen LogP) is 3.38. The zero-order valence-electron chi connectivity index (χ0n) is 12.6. The summed E-state index contributed by atoms with van der Waals surface area (Å²) < 4.78 is 0. The zero-order valence-corrected chi connectivity index (χ0v) is 13.4. The van der Waals surface area contributed by atoms with Gasteiger partial charge in [-0.3, -0.25) is 9.59 Å². The maximum Gasteiger partial charge on any atom is 0.313 e. The number of rotatable bonds is 1. The molecule has 1 saturated heterocycles. The first-order valence-electron chi connectivity index (χ1n) is 7.30. The SMILES string of the molecule is Cc1cc(Cl)ccc1NC(=O)C(=O)N1C(C)CCCC1C. The van der Waals surface area contributed by atoms with Gasteiger partial charge in [0.15, 0.2) is 0 Å². The molecule has 5 heteroatoms. The highest BCUT2D eigenvalue weighted by Crippen LogP contribution is 2.24. The van der Waals surface area contributed by atoms with Crippen LogP contribution in [0.4, 0.5) is 5.69 Å². The van der Waals surface area contributed by atoms with Crippen LogP contribution in [0.25, 0.3) is 0 Å². The molecule has 1 aromatic rings. The molecule has 2 atom stereocenters. The zero-order chi connectivity index (χ0) is 15.6. The number of aryl methyl sites for hydroxylation is 1. The van der Waals surface area contributed by atoms with Crippen LogP contribution in [0.2, 0.25) is 5.02 Å². The molecule has 1 N–H and O–H groups in total. The van der Waals surface area contributed by atoms with Gasteiger partial charge in [0, 0.05) is 22.8 Å². The van der Waals surface area contributed by atoms with Crippen molar-refractivity contribution in [3.63, 3.8) is 0 Å². The number of nitrogens with zero attached hydrogens (tertiary/aromatic N) is 1. The molecule has 0 bridgehead atoms. The van der Waals surface area contributed by atoms with Crippen molar-refractivity contribution in [2.45, 2.75) is 52.1 Å². The van der Waals surface area contributed by atoms with E-state index >= 15 is 0 Å². The minimum atomic E-state index is -0.582. The van der Waals surface area contributed by atoms with Crippen LogP contribution in [-0.4, -0.2) is 28.8 Å². The first-order chi connectivity index (χ1) is 9.90. The van der Waals surface area contributed by atoms with E-state index in [2.05, 4.69) is 5.32 Å². The van der Waals surface area contributed by atoms with Crippen molar-refractivity contribution in [3.05, 3.63) is 28.8 Å². The Balaban J connectivity index is 2.10. The number of likely N-dealkylation sites (tertiary alicyclic amines) is 1. The number of anilines is 1. The maximum atomic E-state index is 12.4. The van der Waals surface area contributed by atoms with E-state index in [9.17, 15) is 9.59 Å². The first kappa shape index (κ1) is 15.8. The van der Waals surface area contributed by atoms with Gasteiger partial charge >= 0.3 is 11.8 Å². The van der Waals surface area contributed by atoms with Crippen molar-refractivity contribution < 1.29 is 9.59 Å². The molecule has 1 aliphatic heterocycles. The van der Waals surface area contributed by atoms with Gasteiger partial charge in [0.05, 0.1) is 0 Å². The average molecular weight is 309 g/mol. The average Bonchev–Trinajstić information content (AvgIpc) is 2.41. The van der Waals surface area contributed by atoms with E-state index < -0.39 is 11.8 Å². The molecular weight excluding hydrogens is 288 g/mol. The first-order valence-corrected chi connectivity index (χ1v) is 7.67. The number of hydrogen-bond donors (Lipinski definition) is 1. The number of amides is 2. The second-order valence-electron chi connectivity index (χ2n) is 5.75. The molecule has 1 heterocycles. The summed E-state index contributed by atoms with van der Waals surface area (Å²) >= 11 is 5.89. The van der Waals surface area contributed by atoms with E-state index in [1.165, 1.54) is 0 Å². The fourth-order valence-electron chi connectivity index (χ4n) is 2.88. The quantitative estimate of drug-likeness (QED) is 0.809. The summed E-state index contributed by atoms with van der Waals surface area (Å²) in [6, 6.07) is 5.39. The maximum absolute atomic E-state index is 12.4. The van der Waals surface area contributed by atoms with Crippen LogP contribution in [0, 0.1) is 6.92 Å². The highest BCUT2D eigenvalue weighted by atomic mass is 35.5. The molecule has 21 heavy (non-hydrogen) atoms. The smallest absolute Gasteiger partial charge is 0.313 e. The van der Waals surface area contributed by atoms with E-state index in [1.54, 1.807) is 23.1 Å². The number of nitrogens with one attached hydrogen (secondary N) is 1.